The lowest BCUT2D eigenvalue weighted by atomic mass is 9.88. The zero-order valence-electron chi connectivity index (χ0n) is 16.9. The van der Waals surface area contributed by atoms with Gasteiger partial charge in [-0.1, -0.05) is 30.3 Å². The Morgan fingerprint density at radius 3 is 2.90 bits per heavy atom. The number of fused-ring (bicyclic) bond motifs is 2. The summed E-state index contributed by atoms with van der Waals surface area (Å²) in [6.07, 6.45) is 5.38. The van der Waals surface area contributed by atoms with Crippen LogP contribution in [0.25, 0.3) is 22.3 Å². The first-order valence-corrected chi connectivity index (χ1v) is 10.4. The molecule has 0 saturated heterocycles. The third-order valence-electron chi connectivity index (χ3n) is 5.79. The summed E-state index contributed by atoms with van der Waals surface area (Å²) in [6.45, 7) is 4.99. The van der Waals surface area contributed by atoms with E-state index in [1.54, 1.807) is 0 Å². The molecule has 0 radical (unpaired) electrons. The maximum atomic E-state index is 4.71. The number of nitrogens with one attached hydrogen (secondary N) is 1. The van der Waals surface area contributed by atoms with Crippen molar-refractivity contribution in [3.8, 4) is 11.3 Å². The van der Waals surface area contributed by atoms with Crippen LogP contribution < -0.4 is 5.32 Å². The molecule has 0 saturated carbocycles. The van der Waals surface area contributed by atoms with Crippen molar-refractivity contribution < 1.29 is 0 Å². The molecule has 2 aromatic heterocycles. The molecule has 1 aliphatic carbocycles. The van der Waals surface area contributed by atoms with Gasteiger partial charge in [0.25, 0.3) is 0 Å². The lowest BCUT2D eigenvalue weighted by Gasteiger charge is -2.27. The molecule has 5 rings (SSSR count). The summed E-state index contributed by atoms with van der Waals surface area (Å²) >= 11 is 0. The SMILES string of the molecule is CCn1cnc2ccc(-c3cc(N[C@@H]4CCCc5ccccc54)nc(C)n3)cc21. The predicted octanol–water partition coefficient (Wildman–Crippen LogP) is 5.31. The van der Waals surface area contributed by atoms with E-state index in [2.05, 4.69) is 75.3 Å². The van der Waals surface area contributed by atoms with Gasteiger partial charge in [-0.3, -0.25) is 0 Å². The average Bonchev–Trinajstić information content (AvgIpc) is 3.16. The average molecular weight is 383 g/mol. The molecule has 0 spiro atoms. The summed E-state index contributed by atoms with van der Waals surface area (Å²) in [7, 11) is 0. The Labute approximate surface area is 170 Å². The summed E-state index contributed by atoms with van der Waals surface area (Å²) in [4.78, 5) is 13.9. The van der Waals surface area contributed by atoms with Crippen molar-refractivity contribution in [2.45, 2.75) is 45.7 Å². The second-order valence-electron chi connectivity index (χ2n) is 7.71. The maximum Gasteiger partial charge on any atom is 0.130 e. The Morgan fingerprint density at radius 2 is 2.00 bits per heavy atom. The Hall–Kier alpha value is -3.21. The van der Waals surface area contributed by atoms with Crippen LogP contribution in [0.1, 0.15) is 42.8 Å². The molecule has 0 bridgehead atoms. The molecule has 1 aliphatic rings. The van der Waals surface area contributed by atoms with Crippen LogP contribution in [-0.2, 0) is 13.0 Å². The molecule has 5 nitrogen and oxygen atoms in total. The molecule has 0 fully saturated rings. The van der Waals surface area contributed by atoms with Crippen LogP contribution in [0.5, 0.6) is 0 Å². The maximum absolute atomic E-state index is 4.71. The van der Waals surface area contributed by atoms with Gasteiger partial charge in [0.05, 0.1) is 29.1 Å². The van der Waals surface area contributed by atoms with Crippen LogP contribution in [0.2, 0.25) is 0 Å². The van der Waals surface area contributed by atoms with E-state index in [9.17, 15) is 0 Å². The molecule has 29 heavy (non-hydrogen) atoms. The van der Waals surface area contributed by atoms with Crippen LogP contribution in [0, 0.1) is 6.92 Å². The van der Waals surface area contributed by atoms with E-state index in [0.29, 0.717) is 6.04 Å². The number of hydrogen-bond donors (Lipinski definition) is 1. The summed E-state index contributed by atoms with van der Waals surface area (Å²) < 4.78 is 2.16. The van der Waals surface area contributed by atoms with E-state index in [4.69, 9.17) is 4.98 Å². The molecule has 0 amide bonds. The molecular weight excluding hydrogens is 358 g/mol. The van der Waals surface area contributed by atoms with Gasteiger partial charge in [0.15, 0.2) is 0 Å². The van der Waals surface area contributed by atoms with Crippen LogP contribution >= 0.6 is 0 Å². The van der Waals surface area contributed by atoms with Crippen molar-refractivity contribution in [3.63, 3.8) is 0 Å². The van der Waals surface area contributed by atoms with Gasteiger partial charge in [0, 0.05) is 18.2 Å². The first-order valence-electron chi connectivity index (χ1n) is 10.4. The molecule has 0 aliphatic heterocycles. The topological polar surface area (TPSA) is 55.6 Å². The van der Waals surface area contributed by atoms with E-state index in [1.165, 1.54) is 17.5 Å². The van der Waals surface area contributed by atoms with Gasteiger partial charge >= 0.3 is 0 Å². The van der Waals surface area contributed by atoms with Gasteiger partial charge in [-0.05, 0) is 56.4 Å². The number of aromatic nitrogens is 4. The third-order valence-corrected chi connectivity index (χ3v) is 5.79. The zero-order chi connectivity index (χ0) is 19.8. The predicted molar refractivity (Wildman–Crippen MR) is 117 cm³/mol. The number of nitrogens with zero attached hydrogens (tertiary/aromatic N) is 4. The number of aryl methyl sites for hydroxylation is 3. The highest BCUT2D eigenvalue weighted by molar-refractivity contribution is 5.81. The lowest BCUT2D eigenvalue weighted by Crippen LogP contribution is -2.18. The number of rotatable bonds is 4. The lowest BCUT2D eigenvalue weighted by molar-refractivity contribution is 0.598. The highest BCUT2D eigenvalue weighted by Gasteiger charge is 2.20. The van der Waals surface area contributed by atoms with Gasteiger partial charge in [0.2, 0.25) is 0 Å². The van der Waals surface area contributed by atoms with Crippen LogP contribution in [0.4, 0.5) is 5.82 Å². The van der Waals surface area contributed by atoms with Gasteiger partial charge < -0.3 is 9.88 Å². The van der Waals surface area contributed by atoms with Gasteiger partial charge in [-0.15, -0.1) is 0 Å². The Bertz CT molecular complexity index is 1180. The summed E-state index contributed by atoms with van der Waals surface area (Å²) in [6, 6.07) is 17.4. The Morgan fingerprint density at radius 1 is 1.10 bits per heavy atom. The summed E-state index contributed by atoms with van der Waals surface area (Å²) in [5.74, 6) is 1.66. The number of anilines is 1. The standard InChI is InChI=1S/C24H25N5/c1-3-29-15-25-21-12-11-18(13-23(21)29)22-14-24(27-16(2)26-22)28-20-10-6-8-17-7-4-5-9-19(17)20/h4-5,7,9,11-15,20H,3,6,8,10H2,1-2H3,(H,26,27,28)/t20-/m1/s1. The number of hydrogen-bond acceptors (Lipinski definition) is 4. The summed E-state index contributed by atoms with van der Waals surface area (Å²) in [5, 5.41) is 3.67. The van der Waals surface area contributed by atoms with Crippen molar-refractivity contribution in [1.82, 2.24) is 19.5 Å². The van der Waals surface area contributed by atoms with Crippen molar-refractivity contribution in [2.75, 3.05) is 5.32 Å². The fourth-order valence-electron chi connectivity index (χ4n) is 4.34. The Kier molecular flexibility index (Phi) is 4.51. The molecule has 5 heteroatoms. The minimum atomic E-state index is 0.297. The van der Waals surface area contributed by atoms with Crippen molar-refractivity contribution in [3.05, 3.63) is 71.8 Å². The molecule has 4 aromatic rings. The largest absolute Gasteiger partial charge is 0.363 e. The second kappa shape index (κ2) is 7.32. The fourth-order valence-corrected chi connectivity index (χ4v) is 4.34. The van der Waals surface area contributed by atoms with Crippen molar-refractivity contribution >= 4 is 16.9 Å². The van der Waals surface area contributed by atoms with Crippen LogP contribution in [0.15, 0.2) is 54.9 Å². The Balaban J connectivity index is 1.50. The zero-order valence-corrected chi connectivity index (χ0v) is 16.9. The molecule has 1 atom stereocenters. The third kappa shape index (κ3) is 3.37. The minimum absolute atomic E-state index is 0.297. The highest BCUT2D eigenvalue weighted by Crippen LogP contribution is 2.33. The minimum Gasteiger partial charge on any atom is -0.363 e. The van der Waals surface area contributed by atoms with E-state index in [-0.39, 0.29) is 0 Å². The summed E-state index contributed by atoms with van der Waals surface area (Å²) in [5.41, 5.74) is 7.01. The van der Waals surface area contributed by atoms with E-state index in [1.807, 2.05) is 13.3 Å². The number of imidazole rings is 1. The van der Waals surface area contributed by atoms with E-state index < -0.39 is 0 Å². The quantitative estimate of drug-likeness (QED) is 0.519. The monoisotopic (exact) mass is 383 g/mol. The van der Waals surface area contributed by atoms with Crippen molar-refractivity contribution in [2.24, 2.45) is 0 Å². The fraction of sp³-hybridized carbons (Fsp3) is 0.292. The second-order valence-corrected chi connectivity index (χ2v) is 7.71. The highest BCUT2D eigenvalue weighted by atomic mass is 15.1. The molecule has 1 N–H and O–H groups in total. The van der Waals surface area contributed by atoms with Gasteiger partial charge in [-0.2, -0.15) is 0 Å². The van der Waals surface area contributed by atoms with E-state index >= 15 is 0 Å². The van der Waals surface area contributed by atoms with E-state index in [0.717, 1.165) is 53.3 Å². The normalized spacial score (nSPS) is 16.0. The molecule has 0 unspecified atom stereocenters. The van der Waals surface area contributed by atoms with Crippen LogP contribution in [0.3, 0.4) is 0 Å². The number of benzene rings is 2. The smallest absolute Gasteiger partial charge is 0.130 e. The van der Waals surface area contributed by atoms with Crippen LogP contribution in [-0.4, -0.2) is 19.5 Å². The first-order chi connectivity index (χ1) is 14.2. The first kappa shape index (κ1) is 17.9. The molecule has 146 valence electrons. The van der Waals surface area contributed by atoms with Gasteiger partial charge in [0.1, 0.15) is 11.6 Å². The molecular formula is C24H25N5. The van der Waals surface area contributed by atoms with Crippen molar-refractivity contribution in [1.29, 1.82) is 0 Å². The molecule has 2 heterocycles. The molecule has 2 aromatic carbocycles. The van der Waals surface area contributed by atoms with Gasteiger partial charge in [-0.25, -0.2) is 15.0 Å².